The zero-order chi connectivity index (χ0) is 12.9. The summed E-state index contributed by atoms with van der Waals surface area (Å²) in [5.74, 6) is -1.14. The van der Waals surface area contributed by atoms with Crippen molar-refractivity contribution in [3.8, 4) is 5.88 Å². The first-order valence-corrected chi connectivity index (χ1v) is 4.42. The van der Waals surface area contributed by atoms with E-state index in [1.165, 1.54) is 25.4 Å². The van der Waals surface area contributed by atoms with Crippen molar-refractivity contribution in [1.82, 2.24) is 10.5 Å². The summed E-state index contributed by atoms with van der Waals surface area (Å²) in [7, 11) is 1.20. The zero-order valence-electron chi connectivity index (χ0n) is 8.75. The predicted molar refractivity (Wildman–Crippen MR) is 50.3 cm³/mol. The Labute approximate surface area is 94.5 Å². The highest BCUT2D eigenvalue weighted by atomic mass is 19.4. The average molecular weight is 250 g/mol. The Kier molecular flexibility index (Phi) is 4.27. The van der Waals surface area contributed by atoms with E-state index in [4.69, 9.17) is 0 Å². The van der Waals surface area contributed by atoms with Crippen molar-refractivity contribution < 1.29 is 27.5 Å². The third kappa shape index (κ3) is 4.27. The van der Waals surface area contributed by atoms with E-state index in [0.29, 0.717) is 0 Å². The number of ether oxygens (including phenoxy) is 1. The minimum absolute atomic E-state index is 0.140. The number of nitrogens with zero attached hydrogens (tertiary/aromatic N) is 1. The number of aromatic nitrogens is 1. The Bertz CT molecular complexity index is 395. The van der Waals surface area contributed by atoms with Crippen LogP contribution in [0.1, 0.15) is 10.4 Å². The van der Waals surface area contributed by atoms with E-state index >= 15 is 0 Å². The fraction of sp³-hybridized carbons (Fsp3) is 0.333. The van der Waals surface area contributed by atoms with Gasteiger partial charge in [-0.1, -0.05) is 0 Å². The van der Waals surface area contributed by atoms with Crippen LogP contribution in [0.15, 0.2) is 18.3 Å². The van der Waals surface area contributed by atoms with Gasteiger partial charge in [-0.25, -0.2) is 10.5 Å². The highest BCUT2D eigenvalue weighted by molar-refractivity contribution is 5.95. The standard InChI is InChI=1S/C9H9F3N2O3/c1-16-14-7(15)6-3-2-4-13-8(6)17-5-9(10,11)12/h2-4H,5H2,1H3,(H,14,15). The van der Waals surface area contributed by atoms with Gasteiger partial charge in [-0.05, 0) is 12.1 Å². The topological polar surface area (TPSA) is 60.5 Å². The Morgan fingerprint density at radius 2 is 2.24 bits per heavy atom. The molecule has 1 aromatic rings. The fourth-order valence-corrected chi connectivity index (χ4v) is 0.977. The van der Waals surface area contributed by atoms with Gasteiger partial charge < -0.3 is 4.74 Å². The second-order valence-corrected chi connectivity index (χ2v) is 2.90. The lowest BCUT2D eigenvalue weighted by Gasteiger charge is -2.11. The minimum Gasteiger partial charge on any atom is -0.467 e. The molecule has 1 rings (SSSR count). The second-order valence-electron chi connectivity index (χ2n) is 2.90. The first-order valence-electron chi connectivity index (χ1n) is 4.42. The predicted octanol–water partition coefficient (Wildman–Crippen LogP) is 1.31. The molecule has 0 aromatic carbocycles. The van der Waals surface area contributed by atoms with Crippen LogP contribution in [0.3, 0.4) is 0 Å². The van der Waals surface area contributed by atoms with Crippen LogP contribution in [0.25, 0.3) is 0 Å². The Balaban J connectivity index is 2.81. The van der Waals surface area contributed by atoms with Crippen molar-refractivity contribution >= 4 is 5.91 Å². The number of hydrogen-bond acceptors (Lipinski definition) is 4. The Morgan fingerprint density at radius 1 is 1.53 bits per heavy atom. The first-order chi connectivity index (χ1) is 7.94. The summed E-state index contributed by atoms with van der Waals surface area (Å²) in [6.45, 7) is -1.52. The van der Waals surface area contributed by atoms with Gasteiger partial charge in [-0.2, -0.15) is 13.2 Å². The maximum absolute atomic E-state index is 11.9. The molecule has 0 fully saturated rings. The SMILES string of the molecule is CONC(=O)c1cccnc1OCC(F)(F)F. The van der Waals surface area contributed by atoms with Crippen molar-refractivity contribution in [2.75, 3.05) is 13.7 Å². The van der Waals surface area contributed by atoms with Crippen molar-refractivity contribution in [1.29, 1.82) is 0 Å². The smallest absolute Gasteiger partial charge is 0.422 e. The van der Waals surface area contributed by atoms with E-state index in [1.54, 1.807) is 0 Å². The molecule has 0 aliphatic carbocycles. The van der Waals surface area contributed by atoms with Gasteiger partial charge in [0.05, 0.1) is 7.11 Å². The van der Waals surface area contributed by atoms with Crippen LogP contribution in [-0.4, -0.2) is 30.8 Å². The van der Waals surface area contributed by atoms with E-state index in [0.717, 1.165) is 0 Å². The van der Waals surface area contributed by atoms with E-state index in [-0.39, 0.29) is 5.56 Å². The van der Waals surface area contributed by atoms with Gasteiger partial charge in [0, 0.05) is 6.20 Å². The van der Waals surface area contributed by atoms with Gasteiger partial charge in [0.1, 0.15) is 5.56 Å². The fourth-order valence-electron chi connectivity index (χ4n) is 0.977. The van der Waals surface area contributed by atoms with Crippen molar-refractivity contribution in [3.05, 3.63) is 23.9 Å². The molecule has 1 N–H and O–H groups in total. The number of pyridine rings is 1. The molecule has 0 saturated carbocycles. The quantitative estimate of drug-likeness (QED) is 0.818. The number of hydroxylamine groups is 1. The summed E-state index contributed by atoms with van der Waals surface area (Å²) in [6, 6.07) is 2.66. The van der Waals surface area contributed by atoms with Crippen LogP contribution < -0.4 is 10.2 Å². The number of halogens is 3. The number of amides is 1. The second kappa shape index (κ2) is 5.48. The van der Waals surface area contributed by atoms with Crippen LogP contribution in [0, 0.1) is 0 Å². The van der Waals surface area contributed by atoms with Gasteiger partial charge >= 0.3 is 6.18 Å². The van der Waals surface area contributed by atoms with Crippen LogP contribution in [0.4, 0.5) is 13.2 Å². The molecule has 1 heterocycles. The molecule has 0 unspecified atom stereocenters. The normalized spacial score (nSPS) is 11.1. The maximum Gasteiger partial charge on any atom is 0.422 e. The number of rotatable bonds is 4. The molecule has 0 aliphatic heterocycles. The van der Waals surface area contributed by atoms with Crippen molar-refractivity contribution in [3.63, 3.8) is 0 Å². The van der Waals surface area contributed by atoms with E-state index in [1.807, 2.05) is 5.48 Å². The van der Waals surface area contributed by atoms with Crippen LogP contribution in [-0.2, 0) is 4.84 Å². The molecule has 17 heavy (non-hydrogen) atoms. The highest BCUT2D eigenvalue weighted by Gasteiger charge is 2.29. The monoisotopic (exact) mass is 250 g/mol. The largest absolute Gasteiger partial charge is 0.467 e. The molecule has 0 aliphatic rings. The highest BCUT2D eigenvalue weighted by Crippen LogP contribution is 2.19. The lowest BCUT2D eigenvalue weighted by molar-refractivity contribution is -0.154. The summed E-state index contributed by atoms with van der Waals surface area (Å²) in [4.78, 5) is 19.3. The van der Waals surface area contributed by atoms with Gasteiger partial charge in [-0.15, -0.1) is 0 Å². The molecule has 0 bridgehead atoms. The minimum atomic E-state index is -4.49. The molecule has 0 spiro atoms. The molecular formula is C9H9F3N2O3. The number of alkyl halides is 3. The molecule has 0 saturated heterocycles. The van der Waals surface area contributed by atoms with Crippen LogP contribution in [0.2, 0.25) is 0 Å². The molecule has 5 nitrogen and oxygen atoms in total. The number of carbonyl (C=O) groups excluding carboxylic acids is 1. The molecule has 0 radical (unpaired) electrons. The molecule has 0 atom stereocenters. The summed E-state index contributed by atoms with van der Waals surface area (Å²) >= 11 is 0. The summed E-state index contributed by atoms with van der Waals surface area (Å²) in [6.07, 6.45) is -3.28. The van der Waals surface area contributed by atoms with Crippen molar-refractivity contribution in [2.24, 2.45) is 0 Å². The lowest BCUT2D eigenvalue weighted by Crippen LogP contribution is -2.25. The number of nitrogens with one attached hydrogen (secondary N) is 1. The van der Waals surface area contributed by atoms with Gasteiger partial charge in [0.2, 0.25) is 5.88 Å². The molecule has 1 amide bonds. The van der Waals surface area contributed by atoms with E-state index in [9.17, 15) is 18.0 Å². The van der Waals surface area contributed by atoms with E-state index < -0.39 is 24.6 Å². The Morgan fingerprint density at radius 3 is 2.82 bits per heavy atom. The van der Waals surface area contributed by atoms with Crippen molar-refractivity contribution in [2.45, 2.75) is 6.18 Å². The summed E-state index contributed by atoms with van der Waals surface area (Å²) in [5.41, 5.74) is 1.82. The summed E-state index contributed by atoms with van der Waals surface area (Å²) < 4.78 is 40.2. The summed E-state index contributed by atoms with van der Waals surface area (Å²) in [5, 5.41) is 0. The lowest BCUT2D eigenvalue weighted by atomic mass is 10.2. The van der Waals surface area contributed by atoms with E-state index in [2.05, 4.69) is 14.6 Å². The van der Waals surface area contributed by atoms with Gasteiger partial charge in [0.15, 0.2) is 6.61 Å². The van der Waals surface area contributed by atoms with Crippen LogP contribution >= 0.6 is 0 Å². The maximum atomic E-state index is 11.9. The molecular weight excluding hydrogens is 241 g/mol. The molecule has 8 heteroatoms. The average Bonchev–Trinajstić information content (AvgIpc) is 2.26. The Hall–Kier alpha value is -1.83. The van der Waals surface area contributed by atoms with Gasteiger partial charge in [-0.3, -0.25) is 9.63 Å². The molecule has 94 valence electrons. The molecule has 1 aromatic heterocycles. The number of hydrogen-bond donors (Lipinski definition) is 1. The third-order valence-corrected chi connectivity index (χ3v) is 1.58. The van der Waals surface area contributed by atoms with Gasteiger partial charge in [0.25, 0.3) is 5.91 Å². The first kappa shape index (κ1) is 13.2. The third-order valence-electron chi connectivity index (χ3n) is 1.58. The van der Waals surface area contributed by atoms with Crippen LogP contribution in [0.5, 0.6) is 5.88 Å². The zero-order valence-corrected chi connectivity index (χ0v) is 8.75. The number of carbonyl (C=O) groups is 1.